The number of rotatable bonds is 6. The highest BCUT2D eigenvalue weighted by atomic mass is 35.5. The van der Waals surface area contributed by atoms with Crippen molar-refractivity contribution in [3.63, 3.8) is 0 Å². The van der Waals surface area contributed by atoms with E-state index in [1.807, 2.05) is 0 Å². The van der Waals surface area contributed by atoms with Crippen molar-refractivity contribution in [2.75, 3.05) is 36.3 Å². The van der Waals surface area contributed by atoms with Gasteiger partial charge in [0.25, 0.3) is 5.91 Å². The maximum atomic E-state index is 12.8. The lowest BCUT2D eigenvalue weighted by molar-refractivity contribution is -0.139. The lowest BCUT2D eigenvalue weighted by Gasteiger charge is -2.21. The van der Waals surface area contributed by atoms with Crippen molar-refractivity contribution in [2.45, 2.75) is 6.42 Å². The zero-order valence-electron chi connectivity index (χ0n) is 16.4. The monoisotopic (exact) mass is 429 g/mol. The number of ether oxygens (including phenoxy) is 2. The molecule has 8 nitrogen and oxygen atoms in total. The fourth-order valence-electron chi connectivity index (χ4n) is 2.94. The maximum Gasteiger partial charge on any atom is 0.311 e. The number of para-hydroxylation sites is 2. The Labute approximate surface area is 178 Å². The molecule has 30 heavy (non-hydrogen) atoms. The van der Waals surface area contributed by atoms with Crippen LogP contribution in [0.1, 0.15) is 6.42 Å². The molecular formula is C21H20ClN3O5. The van der Waals surface area contributed by atoms with Gasteiger partial charge in [-0.05, 0) is 30.3 Å². The molecule has 9 heteroatoms. The van der Waals surface area contributed by atoms with Gasteiger partial charge >= 0.3 is 5.97 Å². The zero-order valence-corrected chi connectivity index (χ0v) is 17.2. The van der Waals surface area contributed by atoms with E-state index in [1.165, 1.54) is 25.2 Å². The van der Waals surface area contributed by atoms with Crippen LogP contribution in [0.5, 0.6) is 5.75 Å². The van der Waals surface area contributed by atoms with E-state index in [2.05, 4.69) is 15.4 Å². The third-order valence-corrected chi connectivity index (χ3v) is 4.65. The Balaban J connectivity index is 1.81. The summed E-state index contributed by atoms with van der Waals surface area (Å²) in [6, 6.07) is 11.9. The molecule has 2 amide bonds. The second-order valence-electron chi connectivity index (χ2n) is 6.39. The lowest BCUT2D eigenvalue weighted by Crippen LogP contribution is -2.37. The summed E-state index contributed by atoms with van der Waals surface area (Å²) in [5, 5.41) is 6.13. The number of esters is 1. The van der Waals surface area contributed by atoms with Crippen LogP contribution in [0.25, 0.3) is 0 Å². The van der Waals surface area contributed by atoms with Gasteiger partial charge in [-0.2, -0.15) is 0 Å². The van der Waals surface area contributed by atoms with Gasteiger partial charge in [0.2, 0.25) is 5.91 Å². The van der Waals surface area contributed by atoms with Gasteiger partial charge in [-0.1, -0.05) is 23.7 Å². The summed E-state index contributed by atoms with van der Waals surface area (Å²) in [6.45, 7) is -0.233. The van der Waals surface area contributed by atoms with Crippen molar-refractivity contribution in [1.29, 1.82) is 0 Å². The number of nitrogens with one attached hydrogen (secondary N) is 2. The predicted octanol–water partition coefficient (Wildman–Crippen LogP) is 3.19. The van der Waals surface area contributed by atoms with E-state index in [0.717, 1.165) is 0 Å². The van der Waals surface area contributed by atoms with Gasteiger partial charge in [0, 0.05) is 17.5 Å². The molecule has 0 saturated heterocycles. The Bertz CT molecular complexity index is 1020. The largest absolute Gasteiger partial charge is 0.495 e. The van der Waals surface area contributed by atoms with Crippen molar-refractivity contribution in [1.82, 2.24) is 0 Å². The van der Waals surface area contributed by atoms with Crippen LogP contribution < -0.4 is 20.3 Å². The van der Waals surface area contributed by atoms with E-state index >= 15 is 0 Å². The summed E-state index contributed by atoms with van der Waals surface area (Å²) in [7, 11) is 2.77. The molecule has 2 aromatic carbocycles. The quantitative estimate of drug-likeness (QED) is 0.684. The summed E-state index contributed by atoms with van der Waals surface area (Å²) in [5.74, 6) is -0.847. The minimum Gasteiger partial charge on any atom is -0.495 e. The molecule has 3 rings (SSSR count). The molecular weight excluding hydrogens is 410 g/mol. The fourth-order valence-corrected chi connectivity index (χ4v) is 3.20. The van der Waals surface area contributed by atoms with Crippen molar-refractivity contribution >= 4 is 46.4 Å². The van der Waals surface area contributed by atoms with E-state index in [1.54, 1.807) is 42.5 Å². The third kappa shape index (κ3) is 4.90. The summed E-state index contributed by atoms with van der Waals surface area (Å²) in [6.07, 6.45) is 1.19. The number of hydrogen-bond donors (Lipinski definition) is 2. The first-order chi connectivity index (χ1) is 14.4. The molecule has 0 radical (unpaired) electrons. The first kappa shape index (κ1) is 21.2. The second kappa shape index (κ2) is 9.32. The second-order valence-corrected chi connectivity index (χ2v) is 6.79. The molecule has 0 unspecified atom stereocenters. The Morgan fingerprint density at radius 1 is 1.17 bits per heavy atom. The highest BCUT2D eigenvalue weighted by Crippen LogP contribution is 2.31. The Kier molecular flexibility index (Phi) is 6.58. The van der Waals surface area contributed by atoms with Crippen LogP contribution in [-0.2, 0) is 19.1 Å². The topological polar surface area (TPSA) is 97.0 Å². The molecule has 0 spiro atoms. The normalized spacial score (nSPS) is 12.8. The van der Waals surface area contributed by atoms with Crippen LogP contribution in [0.3, 0.4) is 0 Å². The van der Waals surface area contributed by atoms with Crippen LogP contribution in [0.15, 0.2) is 54.2 Å². The minimum absolute atomic E-state index is 0.0963. The average Bonchev–Trinajstić information content (AvgIpc) is 2.84. The van der Waals surface area contributed by atoms with Crippen LogP contribution in [0, 0.1) is 0 Å². The Morgan fingerprint density at radius 3 is 2.63 bits per heavy atom. The lowest BCUT2D eigenvalue weighted by atomic mass is 10.2. The van der Waals surface area contributed by atoms with E-state index in [0.29, 0.717) is 33.5 Å². The van der Waals surface area contributed by atoms with E-state index in [4.69, 9.17) is 16.3 Å². The Hall–Kier alpha value is -3.52. The number of anilines is 3. The van der Waals surface area contributed by atoms with Gasteiger partial charge in [0.15, 0.2) is 0 Å². The summed E-state index contributed by atoms with van der Waals surface area (Å²) in [5.41, 5.74) is 1.96. The first-order valence-electron chi connectivity index (χ1n) is 8.99. The molecule has 0 saturated carbocycles. The molecule has 0 bridgehead atoms. The standard InChI is InChI=1S/C21H20ClN3O5/c1-29-18-8-7-13(9-15(18)22)24-19(26)12-25-17-6-4-3-5-16(17)23-14(10-20(25)27)11-21(28)30-2/h3-10,23H,11-12H2,1-2H3,(H,24,26). The molecule has 1 aliphatic heterocycles. The van der Waals surface area contributed by atoms with Crippen molar-refractivity contribution in [2.24, 2.45) is 0 Å². The number of carbonyl (C=O) groups is 3. The minimum atomic E-state index is -0.485. The Morgan fingerprint density at radius 2 is 1.93 bits per heavy atom. The highest BCUT2D eigenvalue weighted by molar-refractivity contribution is 6.32. The molecule has 0 fully saturated rings. The smallest absolute Gasteiger partial charge is 0.311 e. The van der Waals surface area contributed by atoms with Crippen molar-refractivity contribution < 1.29 is 23.9 Å². The molecule has 2 aromatic rings. The predicted molar refractivity (Wildman–Crippen MR) is 114 cm³/mol. The van der Waals surface area contributed by atoms with Gasteiger partial charge in [-0.15, -0.1) is 0 Å². The van der Waals surface area contributed by atoms with Gasteiger partial charge in [-0.3, -0.25) is 19.3 Å². The molecule has 1 aliphatic rings. The van der Waals surface area contributed by atoms with Crippen LogP contribution >= 0.6 is 11.6 Å². The maximum absolute atomic E-state index is 12.8. The van der Waals surface area contributed by atoms with E-state index in [-0.39, 0.29) is 13.0 Å². The number of halogens is 1. The van der Waals surface area contributed by atoms with Gasteiger partial charge < -0.3 is 20.1 Å². The van der Waals surface area contributed by atoms with Crippen LogP contribution in [0.2, 0.25) is 5.02 Å². The molecule has 0 atom stereocenters. The number of hydrogen-bond acceptors (Lipinski definition) is 6. The number of methoxy groups -OCH3 is 2. The molecule has 0 aliphatic carbocycles. The van der Waals surface area contributed by atoms with E-state index < -0.39 is 17.8 Å². The van der Waals surface area contributed by atoms with Gasteiger partial charge in [-0.25, -0.2) is 0 Å². The summed E-state index contributed by atoms with van der Waals surface area (Å²) < 4.78 is 9.77. The first-order valence-corrected chi connectivity index (χ1v) is 9.37. The zero-order chi connectivity index (χ0) is 21.7. The molecule has 156 valence electrons. The fraction of sp³-hybridized carbons (Fsp3) is 0.190. The van der Waals surface area contributed by atoms with E-state index in [9.17, 15) is 14.4 Å². The van der Waals surface area contributed by atoms with Gasteiger partial charge in [0.1, 0.15) is 12.3 Å². The SMILES string of the molecule is COC(=O)CC1=CC(=O)N(CC(=O)Nc2ccc(OC)c(Cl)c2)c2ccccc2N1. The molecule has 0 aromatic heterocycles. The number of benzene rings is 2. The third-order valence-electron chi connectivity index (χ3n) is 4.35. The summed E-state index contributed by atoms with van der Waals surface area (Å²) in [4.78, 5) is 38.4. The molecule has 1 heterocycles. The number of fused-ring (bicyclic) bond motifs is 1. The highest BCUT2D eigenvalue weighted by Gasteiger charge is 2.25. The number of carbonyl (C=O) groups excluding carboxylic acids is 3. The van der Waals surface area contributed by atoms with Crippen LogP contribution in [0.4, 0.5) is 17.1 Å². The summed E-state index contributed by atoms with van der Waals surface area (Å²) >= 11 is 6.09. The van der Waals surface area contributed by atoms with Crippen molar-refractivity contribution in [3.05, 3.63) is 59.3 Å². The van der Waals surface area contributed by atoms with Crippen LogP contribution in [-0.4, -0.2) is 38.5 Å². The van der Waals surface area contributed by atoms with Gasteiger partial charge in [0.05, 0.1) is 37.0 Å². The average molecular weight is 430 g/mol. The number of nitrogens with zero attached hydrogens (tertiary/aromatic N) is 1. The molecule has 2 N–H and O–H groups in total. The number of amides is 2. The van der Waals surface area contributed by atoms with Crippen molar-refractivity contribution in [3.8, 4) is 5.75 Å².